The molecule has 3 heterocycles. The number of aliphatic hydroxyl groups excluding tert-OH is 1. The molecule has 0 bridgehead atoms. The van der Waals surface area contributed by atoms with E-state index in [1.165, 1.54) is 49.6 Å². The van der Waals surface area contributed by atoms with Crippen molar-refractivity contribution in [1.29, 1.82) is 0 Å². The highest BCUT2D eigenvalue weighted by Gasteiger charge is 2.59. The summed E-state index contributed by atoms with van der Waals surface area (Å²) in [5.74, 6) is -4.24. The first kappa shape index (κ1) is 28.2. The summed E-state index contributed by atoms with van der Waals surface area (Å²) >= 11 is 0. The first-order valence-electron chi connectivity index (χ1n) is 12.0. The summed E-state index contributed by atoms with van der Waals surface area (Å²) < 4.78 is 92.0. The van der Waals surface area contributed by atoms with Gasteiger partial charge in [0.1, 0.15) is 29.2 Å². The Morgan fingerprint density at radius 3 is 2.49 bits per heavy atom. The number of ether oxygens (including phenoxy) is 1. The van der Waals surface area contributed by atoms with Crippen LogP contribution in [-0.4, -0.2) is 71.2 Å². The Morgan fingerprint density at radius 2 is 1.85 bits per heavy atom. The topological polar surface area (TPSA) is 129 Å². The number of nitrogens with one attached hydrogen (secondary N) is 3. The molecule has 0 aliphatic carbocycles. The summed E-state index contributed by atoms with van der Waals surface area (Å²) in [5.41, 5.74) is 1.19. The van der Waals surface area contributed by atoms with Gasteiger partial charge in [0.05, 0.1) is 19.6 Å². The van der Waals surface area contributed by atoms with Crippen LogP contribution in [0.4, 0.5) is 26.3 Å². The Kier molecular flexibility index (Phi) is 7.07. The Balaban J connectivity index is 1.62. The lowest BCUT2D eigenvalue weighted by molar-refractivity contribution is -0.201. The van der Waals surface area contributed by atoms with E-state index in [4.69, 9.17) is 9.15 Å². The van der Waals surface area contributed by atoms with Crippen molar-refractivity contribution >= 4 is 28.5 Å². The van der Waals surface area contributed by atoms with Gasteiger partial charge in [-0.1, -0.05) is 36.4 Å². The van der Waals surface area contributed by atoms with Crippen LogP contribution in [0, 0.1) is 0 Å². The molecule has 2 aromatic carbocycles. The lowest BCUT2D eigenvalue weighted by Gasteiger charge is -2.34. The number of benzene rings is 2. The predicted octanol–water partition coefficient (Wildman–Crippen LogP) is 2.58. The van der Waals surface area contributed by atoms with Gasteiger partial charge in [-0.3, -0.25) is 9.59 Å². The van der Waals surface area contributed by atoms with E-state index in [-0.39, 0.29) is 22.4 Å². The highest BCUT2D eigenvalue weighted by atomic mass is 19.4. The van der Waals surface area contributed by atoms with Gasteiger partial charge in [0.25, 0.3) is 11.8 Å². The second-order valence-electron chi connectivity index (χ2n) is 9.19. The van der Waals surface area contributed by atoms with Crippen molar-refractivity contribution in [3.05, 3.63) is 65.7 Å². The highest BCUT2D eigenvalue weighted by Crippen LogP contribution is 2.43. The number of methoxy groups -OCH3 is 1. The summed E-state index contributed by atoms with van der Waals surface area (Å²) in [6.07, 6.45) is -14.4. The number of alkyl halides is 6. The molecule has 16 heteroatoms. The number of hydrogen-bond acceptors (Lipinski definition) is 8. The number of hydrazine groups is 1. The average molecular weight is 585 g/mol. The molecule has 1 aromatic heterocycles. The van der Waals surface area contributed by atoms with Crippen LogP contribution in [0.15, 0.2) is 58.6 Å². The molecule has 218 valence electrons. The van der Waals surface area contributed by atoms with Crippen molar-refractivity contribution in [2.45, 2.75) is 36.6 Å². The van der Waals surface area contributed by atoms with Gasteiger partial charge in [-0.05, 0) is 17.7 Å². The molecule has 3 aromatic rings. The number of para-hydroxylation sites is 1. The second kappa shape index (κ2) is 10.3. The normalized spacial score (nSPS) is 22.0. The predicted molar refractivity (Wildman–Crippen MR) is 128 cm³/mol. The summed E-state index contributed by atoms with van der Waals surface area (Å²) in [7, 11) is 1.33. The van der Waals surface area contributed by atoms with Gasteiger partial charge in [-0.15, -0.1) is 0 Å². The molecule has 10 nitrogen and oxygen atoms in total. The molecule has 4 unspecified atom stereocenters. The number of rotatable bonds is 6. The molecule has 2 aliphatic heterocycles. The Bertz CT molecular complexity index is 1510. The van der Waals surface area contributed by atoms with Gasteiger partial charge in [-0.25, -0.2) is 15.4 Å². The van der Waals surface area contributed by atoms with E-state index in [0.717, 1.165) is 0 Å². The minimum atomic E-state index is -5.07. The maximum atomic E-state index is 14.2. The van der Waals surface area contributed by atoms with Crippen LogP contribution in [0.1, 0.15) is 17.4 Å². The van der Waals surface area contributed by atoms with Crippen LogP contribution in [0.3, 0.4) is 0 Å². The van der Waals surface area contributed by atoms with E-state index in [2.05, 4.69) is 15.7 Å². The number of carbonyl (C=O) groups is 2. The third-order valence-electron chi connectivity index (χ3n) is 6.64. The van der Waals surface area contributed by atoms with Gasteiger partial charge in [0, 0.05) is 0 Å². The maximum Gasteiger partial charge on any atom is 0.416 e. The molecule has 2 amide bonds. The molecule has 4 atom stereocenters. The first-order chi connectivity index (χ1) is 19.3. The Labute approximate surface area is 226 Å². The molecule has 1 fully saturated rings. The number of fused-ring (bicyclic) bond motifs is 2. The van der Waals surface area contributed by atoms with Gasteiger partial charge < -0.3 is 24.9 Å². The van der Waals surface area contributed by atoms with Crippen molar-refractivity contribution < 1.29 is 50.2 Å². The molecule has 4 N–H and O–H groups in total. The summed E-state index contributed by atoms with van der Waals surface area (Å²) in [6.45, 7) is -1.30. The fourth-order valence-electron chi connectivity index (χ4n) is 4.73. The number of nitrogens with zero attached hydrogens (tertiary/aromatic N) is 2. The molecule has 41 heavy (non-hydrogen) atoms. The van der Waals surface area contributed by atoms with Gasteiger partial charge in [0.2, 0.25) is 5.89 Å². The number of aliphatic hydroxyl groups is 1. The van der Waals surface area contributed by atoms with Crippen molar-refractivity contribution in [3.8, 4) is 5.75 Å². The van der Waals surface area contributed by atoms with E-state index >= 15 is 0 Å². The van der Waals surface area contributed by atoms with Crippen LogP contribution >= 0.6 is 0 Å². The number of aromatic nitrogens is 1. The van der Waals surface area contributed by atoms with Crippen molar-refractivity contribution in [2.24, 2.45) is 0 Å². The van der Waals surface area contributed by atoms with Crippen molar-refractivity contribution in [3.63, 3.8) is 0 Å². The number of amides is 2. The van der Waals surface area contributed by atoms with Gasteiger partial charge in [-0.2, -0.15) is 26.3 Å². The van der Waals surface area contributed by atoms with Gasteiger partial charge in [0.15, 0.2) is 17.2 Å². The van der Waals surface area contributed by atoms with Gasteiger partial charge >= 0.3 is 12.4 Å². The fourth-order valence-corrected chi connectivity index (χ4v) is 4.73. The second-order valence-corrected chi connectivity index (χ2v) is 9.19. The molecule has 0 saturated carbocycles. The molecule has 0 spiro atoms. The zero-order valence-corrected chi connectivity index (χ0v) is 20.9. The smallest absolute Gasteiger partial charge is 0.416 e. The fraction of sp³-hybridized carbons (Fsp3) is 0.320. The van der Waals surface area contributed by atoms with E-state index < -0.39 is 72.1 Å². The van der Waals surface area contributed by atoms with E-state index in [9.17, 15) is 41.0 Å². The van der Waals surface area contributed by atoms with Crippen LogP contribution in [-0.2, 0) is 9.59 Å². The standard InChI is InChI=1S/C25H21F6N5O5/c1-40-12-8-5-9-13-17(12)34-22(41-13)16-18(21(38)32-10-14(37)24(26,27)28)33-20-15(11-6-3-2-4-7-11)19(25(29,30)31)35-36(20)23(16)39/h2-9,14-15,19-20,33,35,37H,10H2,1H3,(H,32,38). The first-order valence-corrected chi connectivity index (χ1v) is 12.0. The monoisotopic (exact) mass is 585 g/mol. The molecule has 2 aliphatic rings. The summed E-state index contributed by atoms with van der Waals surface area (Å²) in [5, 5.41) is 14.5. The molecule has 1 saturated heterocycles. The Morgan fingerprint density at radius 1 is 1.15 bits per heavy atom. The summed E-state index contributed by atoms with van der Waals surface area (Å²) in [4.78, 5) is 31.1. The van der Waals surface area contributed by atoms with Crippen molar-refractivity contribution in [1.82, 2.24) is 26.1 Å². The lowest BCUT2D eigenvalue weighted by Crippen LogP contribution is -2.57. The SMILES string of the molecule is COc1cccc2oc(C3=C(C(=O)NCC(O)C(F)(F)F)NC4C(c5ccccc5)C(C(F)(F)F)NN4C3=O)nc12. The molecule has 0 radical (unpaired) electrons. The van der Waals surface area contributed by atoms with Crippen LogP contribution in [0.25, 0.3) is 16.7 Å². The summed E-state index contributed by atoms with van der Waals surface area (Å²) in [6, 6.07) is 9.61. The number of carbonyl (C=O) groups excluding carboxylic acids is 2. The largest absolute Gasteiger partial charge is 0.494 e. The molecular formula is C25H21F6N5O5. The molecular weight excluding hydrogens is 564 g/mol. The number of halogens is 6. The quantitative estimate of drug-likeness (QED) is 0.325. The third kappa shape index (κ3) is 5.15. The van der Waals surface area contributed by atoms with Crippen LogP contribution in [0.5, 0.6) is 5.75 Å². The average Bonchev–Trinajstić information content (AvgIpc) is 3.53. The third-order valence-corrected chi connectivity index (χ3v) is 6.64. The minimum absolute atomic E-state index is 0.0961. The van der Waals surface area contributed by atoms with E-state index in [0.29, 0.717) is 5.01 Å². The van der Waals surface area contributed by atoms with Crippen LogP contribution in [0.2, 0.25) is 0 Å². The van der Waals surface area contributed by atoms with Crippen molar-refractivity contribution in [2.75, 3.05) is 13.7 Å². The zero-order valence-electron chi connectivity index (χ0n) is 20.9. The minimum Gasteiger partial charge on any atom is -0.494 e. The zero-order chi connectivity index (χ0) is 29.7. The highest BCUT2D eigenvalue weighted by molar-refractivity contribution is 6.25. The lowest BCUT2D eigenvalue weighted by atomic mass is 9.89. The molecule has 5 rings (SSSR count). The maximum absolute atomic E-state index is 14.2. The van der Waals surface area contributed by atoms with Crippen LogP contribution < -0.4 is 20.8 Å². The van der Waals surface area contributed by atoms with E-state index in [1.54, 1.807) is 6.07 Å². The number of oxazole rings is 1. The number of hydrogen-bond donors (Lipinski definition) is 4. The Hall–Kier alpha value is -4.31. The van der Waals surface area contributed by atoms with E-state index in [1.807, 2.05) is 5.32 Å².